The second-order valence-corrected chi connectivity index (χ2v) is 1.74. The summed E-state index contributed by atoms with van der Waals surface area (Å²) in [4.78, 5) is 0. The molecule has 0 aliphatic carbocycles. The number of hydrogen-bond acceptors (Lipinski definition) is 1. The van der Waals surface area contributed by atoms with Gasteiger partial charge in [-0.15, -0.1) is 0 Å². The summed E-state index contributed by atoms with van der Waals surface area (Å²) in [5, 5.41) is 3.19. The van der Waals surface area contributed by atoms with Gasteiger partial charge >= 0.3 is 0 Å². The summed E-state index contributed by atoms with van der Waals surface area (Å²) >= 11 is 0. The molecule has 1 aliphatic rings. The van der Waals surface area contributed by atoms with Gasteiger partial charge in [-0.25, -0.2) is 0 Å². The van der Waals surface area contributed by atoms with Gasteiger partial charge in [0.1, 0.15) is 0 Å². The molecule has 5 heavy (non-hydrogen) atoms. The molecule has 0 amide bonds. The number of hydrogen-bond donors (Lipinski definition) is 1. The summed E-state index contributed by atoms with van der Waals surface area (Å²) in [5.74, 6) is 0. The van der Waals surface area contributed by atoms with Crippen LogP contribution in [0.5, 0.6) is 0 Å². The Balaban J connectivity index is 2.20. The van der Waals surface area contributed by atoms with Crippen LogP contribution in [0.4, 0.5) is 0 Å². The van der Waals surface area contributed by atoms with Crippen molar-refractivity contribution in [1.29, 1.82) is 0 Å². The molecule has 1 heteroatoms. The maximum atomic E-state index is 3.19. The third-order valence-electron chi connectivity index (χ3n) is 1.17. The highest BCUT2D eigenvalue weighted by atomic mass is 15.1. The molecule has 0 aromatic carbocycles. The van der Waals surface area contributed by atoms with E-state index in [2.05, 4.69) is 19.2 Å². The molecule has 1 fully saturated rings. The first-order valence-corrected chi connectivity index (χ1v) is 2.07. The second kappa shape index (κ2) is 0.716. The molecule has 2 unspecified atom stereocenters. The Morgan fingerprint density at radius 1 is 1.20 bits per heavy atom. The minimum Gasteiger partial charge on any atom is -0.309 e. The zero-order chi connectivity index (χ0) is 3.86. The van der Waals surface area contributed by atoms with Gasteiger partial charge in [-0.05, 0) is 13.8 Å². The molecule has 30 valence electrons. The molecule has 0 aromatic heterocycles. The standard InChI is InChI=1S/C4H9N/c1-3-4(2)5-3/h3-5H,1-2H3. The van der Waals surface area contributed by atoms with Crippen molar-refractivity contribution in [1.82, 2.24) is 5.32 Å². The minimum absolute atomic E-state index is 0.801. The highest BCUT2D eigenvalue weighted by molar-refractivity contribution is 4.89. The fourth-order valence-corrected chi connectivity index (χ4v) is 0.359. The number of rotatable bonds is 0. The van der Waals surface area contributed by atoms with Crippen molar-refractivity contribution < 1.29 is 0 Å². The Hall–Kier alpha value is -0.0400. The third-order valence-corrected chi connectivity index (χ3v) is 1.17. The van der Waals surface area contributed by atoms with Crippen LogP contribution in [-0.4, -0.2) is 12.1 Å². The highest BCUT2D eigenvalue weighted by Gasteiger charge is 2.24. The van der Waals surface area contributed by atoms with E-state index in [0.29, 0.717) is 0 Å². The molecule has 1 saturated heterocycles. The van der Waals surface area contributed by atoms with Crippen molar-refractivity contribution in [2.75, 3.05) is 0 Å². The summed E-state index contributed by atoms with van der Waals surface area (Å²) in [5.41, 5.74) is 0. The average molecular weight is 71.1 g/mol. The van der Waals surface area contributed by atoms with Gasteiger partial charge in [0.05, 0.1) is 0 Å². The molecule has 0 radical (unpaired) electrons. The number of nitrogens with one attached hydrogen (secondary N) is 1. The van der Waals surface area contributed by atoms with Crippen LogP contribution in [0.3, 0.4) is 0 Å². The summed E-state index contributed by atoms with van der Waals surface area (Å²) in [7, 11) is 0. The first-order chi connectivity index (χ1) is 2.30. The maximum Gasteiger partial charge on any atom is 0.0193 e. The van der Waals surface area contributed by atoms with Crippen molar-refractivity contribution in [3.8, 4) is 0 Å². The van der Waals surface area contributed by atoms with Gasteiger partial charge < -0.3 is 5.32 Å². The van der Waals surface area contributed by atoms with Crippen LogP contribution in [-0.2, 0) is 0 Å². The summed E-state index contributed by atoms with van der Waals surface area (Å²) < 4.78 is 0. The lowest BCUT2D eigenvalue weighted by Gasteiger charge is -1.62. The van der Waals surface area contributed by atoms with Gasteiger partial charge in [0, 0.05) is 12.1 Å². The van der Waals surface area contributed by atoms with Crippen molar-refractivity contribution >= 4 is 0 Å². The quantitative estimate of drug-likeness (QED) is 0.409. The van der Waals surface area contributed by atoms with Crippen molar-refractivity contribution in [2.24, 2.45) is 0 Å². The van der Waals surface area contributed by atoms with Crippen molar-refractivity contribution in [3.63, 3.8) is 0 Å². The van der Waals surface area contributed by atoms with E-state index in [1.54, 1.807) is 0 Å². The molecule has 0 aromatic rings. The summed E-state index contributed by atoms with van der Waals surface area (Å²) in [6.45, 7) is 4.37. The van der Waals surface area contributed by atoms with E-state index < -0.39 is 0 Å². The van der Waals surface area contributed by atoms with Crippen LogP contribution in [0.1, 0.15) is 13.8 Å². The van der Waals surface area contributed by atoms with Gasteiger partial charge in [0.15, 0.2) is 0 Å². The molecule has 1 N–H and O–H groups in total. The van der Waals surface area contributed by atoms with E-state index in [4.69, 9.17) is 0 Å². The second-order valence-electron chi connectivity index (χ2n) is 1.74. The predicted octanol–water partition coefficient (Wildman–Crippen LogP) is 0.367. The highest BCUT2D eigenvalue weighted by Crippen LogP contribution is 2.05. The lowest BCUT2D eigenvalue weighted by molar-refractivity contribution is 1.05. The Bertz CT molecular complexity index is 36.9. The first-order valence-electron chi connectivity index (χ1n) is 2.07. The van der Waals surface area contributed by atoms with Crippen LogP contribution in [0, 0.1) is 0 Å². The lowest BCUT2D eigenvalue weighted by atomic mass is 10.4. The van der Waals surface area contributed by atoms with Crippen LogP contribution < -0.4 is 5.32 Å². The molecule has 1 aliphatic heterocycles. The van der Waals surface area contributed by atoms with Crippen LogP contribution in [0.2, 0.25) is 0 Å². The van der Waals surface area contributed by atoms with Gasteiger partial charge in [-0.1, -0.05) is 0 Å². The summed E-state index contributed by atoms with van der Waals surface area (Å²) in [6, 6.07) is 1.60. The van der Waals surface area contributed by atoms with E-state index in [0.717, 1.165) is 12.1 Å². The van der Waals surface area contributed by atoms with Crippen LogP contribution >= 0.6 is 0 Å². The van der Waals surface area contributed by atoms with E-state index >= 15 is 0 Å². The zero-order valence-electron chi connectivity index (χ0n) is 3.65. The predicted molar refractivity (Wildman–Crippen MR) is 22.1 cm³/mol. The Morgan fingerprint density at radius 2 is 1.40 bits per heavy atom. The Kier molecular flexibility index (Phi) is 0.453. The largest absolute Gasteiger partial charge is 0.309 e. The van der Waals surface area contributed by atoms with Crippen LogP contribution in [0.25, 0.3) is 0 Å². The molecule has 2 atom stereocenters. The Labute approximate surface area is 32.4 Å². The van der Waals surface area contributed by atoms with Gasteiger partial charge in [0.25, 0.3) is 0 Å². The monoisotopic (exact) mass is 71.1 g/mol. The normalized spacial score (nSPS) is 49.2. The molecular formula is C4H9N. The fourth-order valence-electron chi connectivity index (χ4n) is 0.359. The molecule has 0 bridgehead atoms. The van der Waals surface area contributed by atoms with Gasteiger partial charge in [0.2, 0.25) is 0 Å². The van der Waals surface area contributed by atoms with E-state index in [1.165, 1.54) is 0 Å². The smallest absolute Gasteiger partial charge is 0.0193 e. The van der Waals surface area contributed by atoms with E-state index in [-0.39, 0.29) is 0 Å². The van der Waals surface area contributed by atoms with Gasteiger partial charge in [-0.3, -0.25) is 0 Å². The average Bonchev–Trinajstić information content (AvgIpc) is 1.79. The van der Waals surface area contributed by atoms with Gasteiger partial charge in [-0.2, -0.15) is 0 Å². The van der Waals surface area contributed by atoms with Crippen molar-refractivity contribution in [3.05, 3.63) is 0 Å². The molecule has 0 saturated carbocycles. The van der Waals surface area contributed by atoms with Crippen molar-refractivity contribution in [2.45, 2.75) is 25.9 Å². The fraction of sp³-hybridized carbons (Fsp3) is 1.00. The molecule has 1 rings (SSSR count). The molecule has 1 heterocycles. The van der Waals surface area contributed by atoms with Crippen LogP contribution in [0.15, 0.2) is 0 Å². The minimum atomic E-state index is 0.801. The SMILES string of the molecule is CC1NC1C. The Morgan fingerprint density at radius 3 is 1.40 bits per heavy atom. The third kappa shape index (κ3) is 0.428. The molecule has 1 nitrogen and oxygen atoms in total. The zero-order valence-corrected chi connectivity index (χ0v) is 3.65. The molecule has 0 spiro atoms. The molecular weight excluding hydrogens is 62.1 g/mol. The van der Waals surface area contributed by atoms with E-state index in [1.807, 2.05) is 0 Å². The van der Waals surface area contributed by atoms with E-state index in [9.17, 15) is 0 Å². The maximum absolute atomic E-state index is 3.19. The summed E-state index contributed by atoms with van der Waals surface area (Å²) in [6.07, 6.45) is 0. The lowest BCUT2D eigenvalue weighted by Crippen LogP contribution is -1.74. The topological polar surface area (TPSA) is 21.9 Å². The first kappa shape index (κ1) is 3.16.